The highest BCUT2D eigenvalue weighted by Crippen LogP contribution is 2.40. The Morgan fingerprint density at radius 3 is 2.64 bits per heavy atom. The number of nitrogens with one attached hydrogen (secondary N) is 1. The van der Waals surface area contributed by atoms with E-state index in [1.807, 2.05) is 37.3 Å². The highest BCUT2D eigenvalue weighted by atomic mass is 19.1. The van der Waals surface area contributed by atoms with Gasteiger partial charge in [-0.25, -0.2) is 4.39 Å². The number of ether oxygens (including phenoxy) is 1. The van der Waals surface area contributed by atoms with Crippen molar-refractivity contribution in [1.29, 1.82) is 0 Å². The van der Waals surface area contributed by atoms with Gasteiger partial charge in [0.15, 0.2) is 6.61 Å². The smallest absolute Gasteiger partial charge is 0.257 e. The maximum absolute atomic E-state index is 13.9. The van der Waals surface area contributed by atoms with Gasteiger partial charge in [0.25, 0.3) is 5.91 Å². The minimum absolute atomic E-state index is 0.0168. The Bertz CT molecular complexity index is 836. The number of likely N-dealkylation sites (N-methyl/N-ethyl adjacent to an activating group) is 1. The molecule has 0 radical (unpaired) electrons. The number of fused-ring (bicyclic) bond motifs is 1. The van der Waals surface area contributed by atoms with E-state index >= 15 is 0 Å². The Morgan fingerprint density at radius 1 is 1.14 bits per heavy atom. The van der Waals surface area contributed by atoms with Crippen LogP contribution in [0.15, 0.2) is 42.5 Å². The summed E-state index contributed by atoms with van der Waals surface area (Å²) in [6, 6.07) is 13.5. The van der Waals surface area contributed by atoms with Gasteiger partial charge in [-0.3, -0.25) is 4.79 Å². The zero-order chi connectivity index (χ0) is 19.5. The van der Waals surface area contributed by atoms with Crippen molar-refractivity contribution in [2.75, 3.05) is 36.0 Å². The summed E-state index contributed by atoms with van der Waals surface area (Å²) in [7, 11) is 0. The third kappa shape index (κ3) is 4.21. The molecule has 6 heteroatoms. The van der Waals surface area contributed by atoms with E-state index in [0.717, 1.165) is 30.0 Å². The van der Waals surface area contributed by atoms with E-state index in [-0.39, 0.29) is 18.3 Å². The molecule has 28 heavy (non-hydrogen) atoms. The van der Waals surface area contributed by atoms with Crippen molar-refractivity contribution in [1.82, 2.24) is 5.32 Å². The topological polar surface area (TPSA) is 44.8 Å². The fourth-order valence-electron chi connectivity index (χ4n) is 3.70. The van der Waals surface area contributed by atoms with Crippen LogP contribution < -0.4 is 19.9 Å². The number of hydrogen-bond acceptors (Lipinski definition) is 4. The van der Waals surface area contributed by atoms with Crippen LogP contribution in [0.2, 0.25) is 0 Å². The maximum atomic E-state index is 13.9. The normalized spacial score (nSPS) is 15.9. The van der Waals surface area contributed by atoms with Crippen LogP contribution in [0.5, 0.6) is 5.75 Å². The highest BCUT2D eigenvalue weighted by Gasteiger charge is 2.34. The molecule has 0 unspecified atom stereocenters. The van der Waals surface area contributed by atoms with Gasteiger partial charge < -0.3 is 19.9 Å². The van der Waals surface area contributed by atoms with Gasteiger partial charge >= 0.3 is 0 Å². The van der Waals surface area contributed by atoms with Gasteiger partial charge in [-0.05, 0) is 55.7 Å². The van der Waals surface area contributed by atoms with Crippen molar-refractivity contribution in [2.45, 2.75) is 32.4 Å². The molecule has 2 aromatic rings. The van der Waals surface area contributed by atoms with E-state index in [1.165, 1.54) is 12.8 Å². The molecule has 1 N–H and O–H groups in total. The Balaban J connectivity index is 1.43. The summed E-state index contributed by atoms with van der Waals surface area (Å²) >= 11 is 0. The minimum Gasteiger partial charge on any atom is -0.484 e. The maximum Gasteiger partial charge on any atom is 0.257 e. The number of halogens is 1. The molecule has 1 aliphatic carbocycles. The van der Waals surface area contributed by atoms with Crippen molar-refractivity contribution >= 4 is 17.3 Å². The monoisotopic (exact) mass is 383 g/mol. The van der Waals surface area contributed by atoms with E-state index in [2.05, 4.69) is 15.1 Å². The Kier molecular flexibility index (Phi) is 5.37. The number of benzene rings is 2. The van der Waals surface area contributed by atoms with Gasteiger partial charge in [-0.15, -0.1) is 0 Å². The van der Waals surface area contributed by atoms with Crippen LogP contribution in [-0.2, 0) is 11.3 Å². The zero-order valence-corrected chi connectivity index (χ0v) is 16.2. The largest absolute Gasteiger partial charge is 0.484 e. The second kappa shape index (κ2) is 8.09. The van der Waals surface area contributed by atoms with Gasteiger partial charge in [-0.2, -0.15) is 0 Å². The van der Waals surface area contributed by atoms with Crippen LogP contribution in [0.3, 0.4) is 0 Å². The predicted molar refractivity (Wildman–Crippen MR) is 108 cm³/mol. The molecule has 4 rings (SSSR count). The van der Waals surface area contributed by atoms with Crippen LogP contribution in [0.4, 0.5) is 15.8 Å². The zero-order valence-electron chi connectivity index (χ0n) is 16.2. The van der Waals surface area contributed by atoms with Crippen molar-refractivity contribution in [3.05, 3.63) is 53.8 Å². The predicted octanol–water partition coefficient (Wildman–Crippen LogP) is 3.33. The lowest BCUT2D eigenvalue weighted by atomic mass is 10.1. The van der Waals surface area contributed by atoms with Crippen LogP contribution in [0.25, 0.3) is 0 Å². The molecule has 1 aliphatic heterocycles. The summed E-state index contributed by atoms with van der Waals surface area (Å²) in [5.41, 5.74) is 3.23. The average molecular weight is 383 g/mol. The third-order valence-corrected chi connectivity index (χ3v) is 5.23. The molecule has 2 aliphatic rings. The summed E-state index contributed by atoms with van der Waals surface area (Å²) in [4.78, 5) is 16.1. The molecular weight excluding hydrogens is 357 g/mol. The Morgan fingerprint density at radius 2 is 1.93 bits per heavy atom. The SMILES string of the molecule is CCNC(=O)COc1ccc(CN2CCN(C3CC3)c3ccc(F)cc32)cc1. The molecule has 0 saturated heterocycles. The van der Waals surface area contributed by atoms with E-state index in [4.69, 9.17) is 4.74 Å². The van der Waals surface area contributed by atoms with Crippen molar-refractivity contribution in [3.63, 3.8) is 0 Å². The molecule has 1 heterocycles. The van der Waals surface area contributed by atoms with Gasteiger partial charge in [-0.1, -0.05) is 12.1 Å². The van der Waals surface area contributed by atoms with Crippen molar-refractivity contribution in [3.8, 4) is 5.75 Å². The first kappa shape index (κ1) is 18.6. The van der Waals surface area contributed by atoms with Gasteiger partial charge in [0.2, 0.25) is 0 Å². The molecular formula is C22H26FN3O2. The lowest BCUT2D eigenvalue weighted by molar-refractivity contribution is -0.122. The molecule has 1 fully saturated rings. The fourth-order valence-corrected chi connectivity index (χ4v) is 3.70. The van der Waals surface area contributed by atoms with Crippen LogP contribution in [0.1, 0.15) is 25.3 Å². The molecule has 5 nitrogen and oxygen atoms in total. The first-order chi connectivity index (χ1) is 13.6. The summed E-state index contributed by atoms with van der Waals surface area (Å²) in [6.07, 6.45) is 2.46. The quantitative estimate of drug-likeness (QED) is 0.797. The Hall–Kier alpha value is -2.76. The molecule has 148 valence electrons. The second-order valence-corrected chi connectivity index (χ2v) is 7.37. The van der Waals surface area contributed by atoms with Crippen LogP contribution in [-0.4, -0.2) is 38.2 Å². The van der Waals surface area contributed by atoms with Crippen LogP contribution in [0, 0.1) is 5.82 Å². The highest BCUT2D eigenvalue weighted by molar-refractivity contribution is 5.77. The molecule has 0 atom stereocenters. The lowest BCUT2D eigenvalue weighted by Crippen LogP contribution is -2.42. The summed E-state index contributed by atoms with van der Waals surface area (Å²) in [5.74, 6) is 0.342. The molecule has 0 aromatic heterocycles. The van der Waals surface area contributed by atoms with Crippen molar-refractivity contribution < 1.29 is 13.9 Å². The second-order valence-electron chi connectivity index (χ2n) is 7.37. The summed E-state index contributed by atoms with van der Waals surface area (Å²) in [6.45, 7) is 5.05. The van der Waals surface area contributed by atoms with Crippen molar-refractivity contribution in [2.24, 2.45) is 0 Å². The Labute approximate surface area is 165 Å². The standard InChI is InChI=1S/C22H26FN3O2/c1-2-24-22(27)15-28-19-8-3-16(4-9-19)14-25-11-12-26(18-6-7-18)20-10-5-17(23)13-21(20)25/h3-5,8-10,13,18H,2,6-7,11-12,14-15H2,1H3,(H,24,27). The summed E-state index contributed by atoms with van der Waals surface area (Å²) in [5, 5.41) is 2.71. The number of amides is 1. The molecule has 0 spiro atoms. The summed E-state index contributed by atoms with van der Waals surface area (Å²) < 4.78 is 19.4. The third-order valence-electron chi connectivity index (χ3n) is 5.23. The molecule has 2 aromatic carbocycles. The minimum atomic E-state index is -0.199. The van der Waals surface area contributed by atoms with Gasteiger partial charge in [0.05, 0.1) is 11.4 Å². The molecule has 1 saturated carbocycles. The van der Waals surface area contributed by atoms with E-state index in [9.17, 15) is 9.18 Å². The number of hydrogen-bond donors (Lipinski definition) is 1. The number of carbonyl (C=O) groups excluding carboxylic acids is 1. The fraction of sp³-hybridized carbons (Fsp3) is 0.409. The first-order valence-corrected chi connectivity index (χ1v) is 9.93. The van der Waals surface area contributed by atoms with Gasteiger partial charge in [0.1, 0.15) is 11.6 Å². The average Bonchev–Trinajstić information content (AvgIpc) is 3.53. The van der Waals surface area contributed by atoms with E-state index in [0.29, 0.717) is 24.9 Å². The number of rotatable bonds is 7. The van der Waals surface area contributed by atoms with E-state index in [1.54, 1.807) is 12.1 Å². The molecule has 1 amide bonds. The van der Waals surface area contributed by atoms with Gasteiger partial charge in [0, 0.05) is 32.2 Å². The number of anilines is 2. The van der Waals surface area contributed by atoms with Crippen LogP contribution >= 0.6 is 0 Å². The first-order valence-electron chi connectivity index (χ1n) is 9.93. The lowest BCUT2D eigenvalue weighted by Gasteiger charge is -2.39. The van der Waals surface area contributed by atoms with E-state index < -0.39 is 0 Å². The number of carbonyl (C=O) groups is 1. The number of nitrogens with zero attached hydrogens (tertiary/aromatic N) is 2. The molecule has 0 bridgehead atoms.